The summed E-state index contributed by atoms with van der Waals surface area (Å²) in [6.45, 7) is 0.104. The molecule has 0 aromatic heterocycles. The second kappa shape index (κ2) is 6.76. The number of hydrogen-bond donors (Lipinski definition) is 1. The van der Waals surface area contributed by atoms with Crippen LogP contribution in [0, 0.1) is 0 Å². The quantitative estimate of drug-likeness (QED) is 0.861. The number of methoxy groups -OCH3 is 3. The Kier molecular flexibility index (Phi) is 4.52. The predicted molar refractivity (Wildman–Crippen MR) is 92.0 cm³/mol. The van der Waals surface area contributed by atoms with Gasteiger partial charge in [0.05, 0.1) is 21.3 Å². The molecule has 0 saturated heterocycles. The van der Waals surface area contributed by atoms with Crippen LogP contribution in [0.1, 0.15) is 15.9 Å². The third kappa shape index (κ3) is 2.98. The van der Waals surface area contributed by atoms with Gasteiger partial charge in [-0.25, -0.2) is 0 Å². The number of Topliss-reactive ketones (excluding diaryl/α,β-unsaturated/α-hetero) is 1. The van der Waals surface area contributed by atoms with Gasteiger partial charge >= 0.3 is 0 Å². The Bertz CT molecular complexity index is 836. The zero-order valence-corrected chi connectivity index (χ0v) is 14.2. The van der Waals surface area contributed by atoms with E-state index in [4.69, 9.17) is 18.9 Å². The number of phenols is 1. The van der Waals surface area contributed by atoms with Crippen LogP contribution in [0.2, 0.25) is 0 Å². The highest BCUT2D eigenvalue weighted by atomic mass is 16.5. The molecule has 130 valence electrons. The summed E-state index contributed by atoms with van der Waals surface area (Å²) in [6, 6.07) is 8.69. The molecule has 0 amide bonds. The molecule has 25 heavy (non-hydrogen) atoms. The van der Waals surface area contributed by atoms with Crippen LogP contribution < -0.4 is 18.9 Å². The number of carbonyl (C=O) groups is 1. The van der Waals surface area contributed by atoms with E-state index in [-0.39, 0.29) is 41.0 Å². The highest BCUT2D eigenvalue weighted by Crippen LogP contribution is 2.46. The largest absolute Gasteiger partial charge is 0.504 e. The minimum Gasteiger partial charge on any atom is -0.504 e. The number of phenolic OH excluding ortho intramolecular Hbond substituents is 1. The standard InChI is InChI=1S/C19H18O6/c1-22-13-6-4-11(5-7-13)8-12-10-25-15-9-14(20)18(23-2)19(24-3)16(15)17(12)21/h4-9,20H,10H2,1-3H3/b12-8-. The molecular weight excluding hydrogens is 324 g/mol. The molecule has 0 unspecified atom stereocenters. The summed E-state index contributed by atoms with van der Waals surface area (Å²) < 4.78 is 21.2. The first kappa shape index (κ1) is 16.7. The molecule has 6 nitrogen and oxygen atoms in total. The molecule has 0 atom stereocenters. The normalized spacial score (nSPS) is 14.7. The fourth-order valence-corrected chi connectivity index (χ4v) is 2.71. The maximum absolute atomic E-state index is 12.9. The first-order valence-corrected chi connectivity index (χ1v) is 7.59. The fraction of sp³-hybridized carbons (Fsp3) is 0.211. The van der Waals surface area contributed by atoms with E-state index < -0.39 is 0 Å². The molecule has 0 radical (unpaired) electrons. The number of ketones is 1. The topological polar surface area (TPSA) is 74.2 Å². The molecule has 0 aliphatic carbocycles. The number of benzene rings is 2. The van der Waals surface area contributed by atoms with Gasteiger partial charge in [-0.1, -0.05) is 12.1 Å². The van der Waals surface area contributed by atoms with E-state index in [0.717, 1.165) is 11.3 Å². The highest BCUT2D eigenvalue weighted by Gasteiger charge is 2.31. The van der Waals surface area contributed by atoms with E-state index in [1.54, 1.807) is 13.2 Å². The van der Waals surface area contributed by atoms with Crippen LogP contribution >= 0.6 is 0 Å². The van der Waals surface area contributed by atoms with Crippen molar-refractivity contribution < 1.29 is 28.8 Å². The van der Waals surface area contributed by atoms with Gasteiger partial charge in [0, 0.05) is 11.6 Å². The van der Waals surface area contributed by atoms with Crippen molar-refractivity contribution in [2.24, 2.45) is 0 Å². The summed E-state index contributed by atoms with van der Waals surface area (Å²) in [6.07, 6.45) is 1.75. The Morgan fingerprint density at radius 1 is 1.04 bits per heavy atom. The van der Waals surface area contributed by atoms with E-state index in [9.17, 15) is 9.90 Å². The maximum atomic E-state index is 12.9. The zero-order chi connectivity index (χ0) is 18.0. The average molecular weight is 342 g/mol. The van der Waals surface area contributed by atoms with E-state index in [1.807, 2.05) is 24.3 Å². The van der Waals surface area contributed by atoms with E-state index in [2.05, 4.69) is 0 Å². The molecule has 3 rings (SSSR count). The molecule has 1 heterocycles. The minimum atomic E-state index is -0.229. The lowest BCUT2D eigenvalue weighted by atomic mass is 9.96. The Morgan fingerprint density at radius 3 is 2.32 bits per heavy atom. The number of aromatic hydroxyl groups is 1. The monoisotopic (exact) mass is 342 g/mol. The Balaban J connectivity index is 2.04. The van der Waals surface area contributed by atoms with Gasteiger partial charge in [0.1, 0.15) is 23.7 Å². The summed E-state index contributed by atoms with van der Waals surface area (Å²) in [4.78, 5) is 12.9. The van der Waals surface area contributed by atoms with Crippen molar-refractivity contribution in [3.05, 3.63) is 47.0 Å². The number of rotatable bonds is 4. The van der Waals surface area contributed by atoms with E-state index in [0.29, 0.717) is 5.57 Å². The second-order valence-corrected chi connectivity index (χ2v) is 5.40. The molecule has 2 aromatic rings. The van der Waals surface area contributed by atoms with Crippen molar-refractivity contribution in [3.8, 4) is 28.7 Å². The van der Waals surface area contributed by atoms with Crippen molar-refractivity contribution in [1.29, 1.82) is 0 Å². The van der Waals surface area contributed by atoms with Crippen molar-refractivity contribution in [1.82, 2.24) is 0 Å². The molecule has 1 aliphatic rings. The molecule has 0 fully saturated rings. The maximum Gasteiger partial charge on any atom is 0.204 e. The van der Waals surface area contributed by atoms with Gasteiger partial charge in [0.15, 0.2) is 17.3 Å². The molecule has 1 aliphatic heterocycles. The van der Waals surface area contributed by atoms with Crippen molar-refractivity contribution >= 4 is 11.9 Å². The summed E-state index contributed by atoms with van der Waals surface area (Å²) in [5, 5.41) is 9.99. The first-order chi connectivity index (χ1) is 12.1. The number of fused-ring (bicyclic) bond motifs is 1. The SMILES string of the molecule is COc1ccc(/C=C2/COc3cc(O)c(OC)c(OC)c3C2=O)cc1. The van der Waals surface area contributed by atoms with Gasteiger partial charge in [0.25, 0.3) is 0 Å². The summed E-state index contributed by atoms with van der Waals surface area (Å²) in [5.41, 5.74) is 1.56. The lowest BCUT2D eigenvalue weighted by molar-refractivity contribution is 0.0996. The van der Waals surface area contributed by atoms with Crippen LogP contribution in [0.15, 0.2) is 35.9 Å². The molecule has 0 saturated carbocycles. The molecular formula is C19H18O6. The Labute approximate surface area is 145 Å². The second-order valence-electron chi connectivity index (χ2n) is 5.40. The zero-order valence-electron chi connectivity index (χ0n) is 14.2. The molecule has 0 bridgehead atoms. The summed E-state index contributed by atoms with van der Waals surface area (Å²) >= 11 is 0. The lowest BCUT2D eigenvalue weighted by Gasteiger charge is -2.22. The van der Waals surface area contributed by atoms with Crippen LogP contribution in [0.25, 0.3) is 6.08 Å². The molecule has 0 spiro atoms. The van der Waals surface area contributed by atoms with Gasteiger partial charge in [-0.3, -0.25) is 4.79 Å². The summed E-state index contributed by atoms with van der Waals surface area (Å²) in [5.74, 6) is 0.889. The van der Waals surface area contributed by atoms with Gasteiger partial charge in [-0.2, -0.15) is 0 Å². The predicted octanol–water partition coefficient (Wildman–Crippen LogP) is 3.08. The van der Waals surface area contributed by atoms with Gasteiger partial charge in [0.2, 0.25) is 5.75 Å². The van der Waals surface area contributed by atoms with E-state index in [1.165, 1.54) is 20.3 Å². The van der Waals surface area contributed by atoms with Crippen molar-refractivity contribution in [2.75, 3.05) is 27.9 Å². The van der Waals surface area contributed by atoms with Crippen molar-refractivity contribution in [3.63, 3.8) is 0 Å². The highest BCUT2D eigenvalue weighted by molar-refractivity contribution is 6.16. The number of ether oxygens (including phenoxy) is 4. The first-order valence-electron chi connectivity index (χ1n) is 7.59. The van der Waals surface area contributed by atoms with Crippen molar-refractivity contribution in [2.45, 2.75) is 0 Å². The minimum absolute atomic E-state index is 0.101. The smallest absolute Gasteiger partial charge is 0.204 e. The number of hydrogen-bond acceptors (Lipinski definition) is 6. The van der Waals surface area contributed by atoms with Crippen LogP contribution in [0.4, 0.5) is 0 Å². The van der Waals surface area contributed by atoms with E-state index >= 15 is 0 Å². The number of carbonyl (C=O) groups excluding carboxylic acids is 1. The summed E-state index contributed by atoms with van der Waals surface area (Å²) in [7, 11) is 4.40. The van der Waals surface area contributed by atoms with Crippen LogP contribution in [0.3, 0.4) is 0 Å². The van der Waals surface area contributed by atoms with Gasteiger partial charge in [-0.15, -0.1) is 0 Å². The van der Waals surface area contributed by atoms with Crippen LogP contribution in [-0.4, -0.2) is 38.8 Å². The molecule has 2 aromatic carbocycles. The molecule has 6 heteroatoms. The van der Waals surface area contributed by atoms with Gasteiger partial charge in [-0.05, 0) is 23.8 Å². The average Bonchev–Trinajstić information content (AvgIpc) is 2.63. The third-order valence-corrected chi connectivity index (χ3v) is 3.95. The fourth-order valence-electron chi connectivity index (χ4n) is 2.71. The van der Waals surface area contributed by atoms with Crippen LogP contribution in [0.5, 0.6) is 28.7 Å². The molecule has 1 N–H and O–H groups in total. The third-order valence-electron chi connectivity index (χ3n) is 3.95. The lowest BCUT2D eigenvalue weighted by Crippen LogP contribution is -2.20. The van der Waals surface area contributed by atoms with Crippen LogP contribution in [-0.2, 0) is 0 Å². The Hall–Kier alpha value is -3.15. The Morgan fingerprint density at radius 2 is 1.72 bits per heavy atom. The van der Waals surface area contributed by atoms with Gasteiger partial charge < -0.3 is 24.1 Å².